The van der Waals surface area contributed by atoms with Crippen molar-refractivity contribution in [2.24, 2.45) is 17.6 Å². The lowest BCUT2D eigenvalue weighted by atomic mass is 9.76. The number of hydrogen-bond donors (Lipinski definition) is 1. The molecule has 3 rings (SSSR count). The summed E-state index contributed by atoms with van der Waals surface area (Å²) >= 11 is 0. The fraction of sp³-hybridized carbons (Fsp3) is 0.786. The molecular weight excluding hydrogens is 224 g/mol. The van der Waals surface area contributed by atoms with E-state index < -0.39 is 0 Å². The van der Waals surface area contributed by atoms with Crippen molar-refractivity contribution in [3.63, 3.8) is 0 Å². The summed E-state index contributed by atoms with van der Waals surface area (Å²) < 4.78 is 2.26. The van der Waals surface area contributed by atoms with Gasteiger partial charge in [0.1, 0.15) is 5.82 Å². The van der Waals surface area contributed by atoms with Gasteiger partial charge in [-0.3, -0.25) is 4.90 Å². The van der Waals surface area contributed by atoms with Crippen LogP contribution in [-0.2, 0) is 13.1 Å². The monoisotopic (exact) mass is 248 g/mol. The van der Waals surface area contributed by atoms with Crippen molar-refractivity contribution < 1.29 is 0 Å². The van der Waals surface area contributed by atoms with E-state index in [0.717, 1.165) is 25.6 Å². The maximum atomic E-state index is 6.42. The average Bonchev–Trinajstić information content (AvgIpc) is 2.74. The second-order valence-electron chi connectivity index (χ2n) is 6.22. The van der Waals surface area contributed by atoms with Crippen molar-refractivity contribution in [2.45, 2.75) is 51.9 Å². The molecule has 4 atom stereocenters. The number of imidazole rings is 1. The second kappa shape index (κ2) is 4.67. The fourth-order valence-electron chi connectivity index (χ4n) is 3.97. The zero-order valence-electron chi connectivity index (χ0n) is 11.4. The molecule has 0 amide bonds. The highest BCUT2D eigenvalue weighted by atomic mass is 15.3. The van der Waals surface area contributed by atoms with Crippen molar-refractivity contribution in [3.05, 3.63) is 18.2 Å². The lowest BCUT2D eigenvalue weighted by Crippen LogP contribution is -2.56. The van der Waals surface area contributed by atoms with E-state index in [1.54, 1.807) is 0 Å². The van der Waals surface area contributed by atoms with Crippen molar-refractivity contribution >= 4 is 0 Å². The van der Waals surface area contributed by atoms with Gasteiger partial charge in [0.05, 0.1) is 6.54 Å². The van der Waals surface area contributed by atoms with E-state index in [1.807, 2.05) is 6.20 Å². The van der Waals surface area contributed by atoms with Gasteiger partial charge >= 0.3 is 0 Å². The zero-order valence-corrected chi connectivity index (χ0v) is 11.4. The quantitative estimate of drug-likeness (QED) is 0.818. The Bertz CT molecular complexity index is 402. The van der Waals surface area contributed by atoms with Crippen molar-refractivity contribution in [2.75, 3.05) is 6.54 Å². The van der Waals surface area contributed by atoms with Crippen molar-refractivity contribution in [1.82, 2.24) is 14.5 Å². The van der Waals surface area contributed by atoms with Gasteiger partial charge in [-0.05, 0) is 24.7 Å². The summed E-state index contributed by atoms with van der Waals surface area (Å²) in [6, 6.07) is 0.858. The van der Waals surface area contributed by atoms with E-state index in [2.05, 4.69) is 34.5 Å². The Morgan fingerprint density at radius 2 is 2.11 bits per heavy atom. The van der Waals surface area contributed by atoms with E-state index in [9.17, 15) is 0 Å². The van der Waals surface area contributed by atoms with Gasteiger partial charge < -0.3 is 10.3 Å². The molecule has 1 aliphatic carbocycles. The molecule has 1 saturated carbocycles. The van der Waals surface area contributed by atoms with Crippen LogP contribution in [0.5, 0.6) is 0 Å². The summed E-state index contributed by atoms with van der Waals surface area (Å²) in [5, 5.41) is 0. The van der Waals surface area contributed by atoms with Gasteiger partial charge in [0.15, 0.2) is 0 Å². The molecule has 4 heteroatoms. The SMILES string of the molecule is CC1CC(C)C(N2CCn3ccnc3C2)C(N)C1. The van der Waals surface area contributed by atoms with Crippen molar-refractivity contribution in [1.29, 1.82) is 0 Å². The molecule has 1 aromatic rings. The Labute approximate surface area is 109 Å². The van der Waals surface area contributed by atoms with Gasteiger partial charge in [-0.1, -0.05) is 13.8 Å². The Morgan fingerprint density at radius 1 is 1.28 bits per heavy atom. The highest BCUT2D eigenvalue weighted by Gasteiger charge is 2.37. The minimum atomic E-state index is 0.324. The molecule has 1 aliphatic heterocycles. The van der Waals surface area contributed by atoms with Crippen LogP contribution >= 0.6 is 0 Å². The highest BCUT2D eigenvalue weighted by molar-refractivity contribution is 5.00. The fourth-order valence-corrected chi connectivity index (χ4v) is 3.97. The summed E-state index contributed by atoms with van der Waals surface area (Å²) in [5.74, 6) is 2.67. The van der Waals surface area contributed by atoms with E-state index in [4.69, 9.17) is 5.73 Å². The molecule has 2 N–H and O–H groups in total. The van der Waals surface area contributed by atoms with Crippen LogP contribution in [0.3, 0.4) is 0 Å². The molecule has 0 bridgehead atoms. The Hall–Kier alpha value is -0.870. The molecule has 0 saturated heterocycles. The lowest BCUT2D eigenvalue weighted by molar-refractivity contribution is 0.0535. The number of fused-ring (bicyclic) bond motifs is 1. The summed E-state index contributed by atoms with van der Waals surface area (Å²) in [6.45, 7) is 7.82. The predicted octanol–water partition coefficient (Wildman–Crippen LogP) is 1.46. The third-order valence-electron chi connectivity index (χ3n) is 4.67. The van der Waals surface area contributed by atoms with Crippen LogP contribution in [0.25, 0.3) is 0 Å². The molecule has 0 aromatic carbocycles. The number of nitrogens with two attached hydrogens (primary N) is 1. The largest absolute Gasteiger partial charge is 0.333 e. The first-order valence-electron chi connectivity index (χ1n) is 7.15. The molecule has 100 valence electrons. The molecule has 1 fully saturated rings. The molecule has 4 nitrogen and oxygen atoms in total. The molecule has 2 aliphatic rings. The summed E-state index contributed by atoms with van der Waals surface area (Å²) in [5.41, 5.74) is 6.42. The number of rotatable bonds is 1. The molecule has 0 radical (unpaired) electrons. The third-order valence-corrected chi connectivity index (χ3v) is 4.67. The maximum Gasteiger partial charge on any atom is 0.122 e. The molecule has 18 heavy (non-hydrogen) atoms. The average molecular weight is 248 g/mol. The number of aromatic nitrogens is 2. The lowest BCUT2D eigenvalue weighted by Gasteiger charge is -2.45. The zero-order chi connectivity index (χ0) is 12.7. The molecule has 0 spiro atoms. The van der Waals surface area contributed by atoms with Crippen LogP contribution in [0.1, 0.15) is 32.5 Å². The van der Waals surface area contributed by atoms with Gasteiger partial charge in [-0.15, -0.1) is 0 Å². The van der Waals surface area contributed by atoms with Crippen LogP contribution in [0.15, 0.2) is 12.4 Å². The van der Waals surface area contributed by atoms with Crippen LogP contribution in [0.2, 0.25) is 0 Å². The number of hydrogen-bond acceptors (Lipinski definition) is 3. The van der Waals surface area contributed by atoms with Gasteiger partial charge in [0, 0.05) is 37.6 Å². The van der Waals surface area contributed by atoms with Gasteiger partial charge in [-0.2, -0.15) is 0 Å². The standard InChI is InChI=1S/C14H24N4/c1-10-7-11(2)14(12(15)8-10)18-6-5-17-4-3-16-13(17)9-18/h3-4,10-12,14H,5-9,15H2,1-2H3. The van der Waals surface area contributed by atoms with E-state index in [1.165, 1.54) is 18.7 Å². The molecular formula is C14H24N4. The normalized spacial score (nSPS) is 37.5. The highest BCUT2D eigenvalue weighted by Crippen LogP contribution is 2.32. The molecule has 4 unspecified atom stereocenters. The first-order chi connectivity index (χ1) is 8.65. The minimum absolute atomic E-state index is 0.324. The minimum Gasteiger partial charge on any atom is -0.333 e. The Kier molecular flexibility index (Phi) is 3.16. The smallest absolute Gasteiger partial charge is 0.122 e. The van der Waals surface area contributed by atoms with Crippen LogP contribution in [0.4, 0.5) is 0 Å². The summed E-state index contributed by atoms with van der Waals surface area (Å²) in [6.07, 6.45) is 6.47. The summed E-state index contributed by atoms with van der Waals surface area (Å²) in [4.78, 5) is 7.01. The Morgan fingerprint density at radius 3 is 2.89 bits per heavy atom. The topological polar surface area (TPSA) is 47.1 Å². The van der Waals surface area contributed by atoms with E-state index in [0.29, 0.717) is 18.0 Å². The predicted molar refractivity (Wildman–Crippen MR) is 72.0 cm³/mol. The maximum absolute atomic E-state index is 6.42. The molecule has 2 heterocycles. The van der Waals surface area contributed by atoms with Crippen molar-refractivity contribution in [3.8, 4) is 0 Å². The third kappa shape index (κ3) is 2.08. The van der Waals surface area contributed by atoms with Crippen LogP contribution < -0.4 is 5.73 Å². The second-order valence-corrected chi connectivity index (χ2v) is 6.22. The molecule has 1 aromatic heterocycles. The van der Waals surface area contributed by atoms with Gasteiger partial charge in [-0.25, -0.2) is 4.98 Å². The summed E-state index contributed by atoms with van der Waals surface area (Å²) in [7, 11) is 0. The van der Waals surface area contributed by atoms with Crippen LogP contribution in [0, 0.1) is 11.8 Å². The van der Waals surface area contributed by atoms with E-state index >= 15 is 0 Å². The first-order valence-corrected chi connectivity index (χ1v) is 7.15. The Balaban J connectivity index is 1.75. The first kappa shape index (κ1) is 12.2. The van der Waals surface area contributed by atoms with Gasteiger partial charge in [0.2, 0.25) is 0 Å². The van der Waals surface area contributed by atoms with E-state index in [-0.39, 0.29) is 0 Å². The number of nitrogens with zero attached hydrogens (tertiary/aromatic N) is 3. The van der Waals surface area contributed by atoms with Gasteiger partial charge in [0.25, 0.3) is 0 Å². The van der Waals surface area contributed by atoms with Crippen LogP contribution in [-0.4, -0.2) is 33.1 Å².